The van der Waals surface area contributed by atoms with Gasteiger partial charge in [-0.05, 0) is 76.7 Å². The normalized spacial score (nSPS) is 18.1. The minimum absolute atomic E-state index is 0.0342. The van der Waals surface area contributed by atoms with Gasteiger partial charge in [-0.2, -0.15) is 0 Å². The minimum atomic E-state index is -1.65. The Labute approximate surface area is 374 Å². The molecule has 1 heterocycles. The Balaban J connectivity index is 3.03. The monoisotopic (exact) mass is 915 g/mol. The van der Waals surface area contributed by atoms with E-state index in [-0.39, 0.29) is 44.1 Å². The molecule has 23 nitrogen and oxygen atoms in total. The Kier molecular flexibility index (Phi) is 25.0. The van der Waals surface area contributed by atoms with Crippen LogP contribution in [0.3, 0.4) is 0 Å². The van der Waals surface area contributed by atoms with E-state index in [2.05, 4.69) is 37.2 Å². The standard InChI is InChI=1S/C41H74N10O13/c1-20(2)16-26(45-37(59)29(19-53)47-34(56)25(43)12-9-10-14-42)35(57)48-28(18-52)36(58)44-23(7)33(55)50-32(24(8)54)39(61)49-31(22(5)6)40(62)51-15-11-13-30(51)38(60)46-27(41(63)64)17-21(3)4/h20-32,52-54H,9-19,42-43H2,1-8H3,(H,44,58)(H,45,59)(H,46,60)(H,47,56)(H,48,57)(H,49,61)(H,50,55)(H,63,64)/t23-,24+,25-,26-,27-,28-,29-,30-,31-,32-/m0/s1. The van der Waals surface area contributed by atoms with E-state index in [1.54, 1.807) is 41.5 Å². The predicted molar refractivity (Wildman–Crippen MR) is 232 cm³/mol. The van der Waals surface area contributed by atoms with E-state index in [0.717, 1.165) is 0 Å². The molecule has 0 aromatic heterocycles. The van der Waals surface area contributed by atoms with Gasteiger partial charge in [0.1, 0.15) is 48.3 Å². The highest BCUT2D eigenvalue weighted by Crippen LogP contribution is 2.21. The summed E-state index contributed by atoms with van der Waals surface area (Å²) in [6.07, 6.45) is 0.857. The highest BCUT2D eigenvalue weighted by atomic mass is 16.4. The zero-order valence-electron chi connectivity index (χ0n) is 38.3. The van der Waals surface area contributed by atoms with Crippen molar-refractivity contribution in [3.63, 3.8) is 0 Å². The number of hydrogen-bond donors (Lipinski definition) is 13. The molecular weight excluding hydrogens is 841 g/mol. The summed E-state index contributed by atoms with van der Waals surface area (Å²) >= 11 is 0. The SMILES string of the molecule is CC(C)C[C@H](NC(=O)[C@@H]1CCCN1C(=O)[C@@H](NC(=O)[C@@H](NC(=O)[C@H](C)NC(=O)[C@H](CO)NC(=O)[C@H](CC(C)C)NC(=O)[C@H](CO)NC(=O)[C@@H](N)CCCCN)[C@@H](C)O)C(C)C)C(=O)O. The van der Waals surface area contributed by atoms with Crippen LogP contribution in [0.5, 0.6) is 0 Å². The predicted octanol–water partition coefficient (Wildman–Crippen LogP) is -3.95. The average molecular weight is 915 g/mol. The summed E-state index contributed by atoms with van der Waals surface area (Å²) in [6, 6.07) is -11.9. The lowest BCUT2D eigenvalue weighted by Crippen LogP contribution is -2.62. The second kappa shape index (κ2) is 28.0. The lowest BCUT2D eigenvalue weighted by atomic mass is 10.0. The smallest absolute Gasteiger partial charge is 0.326 e. The number of aliphatic hydroxyl groups is 3. The third-order valence-corrected chi connectivity index (χ3v) is 10.5. The van der Waals surface area contributed by atoms with E-state index in [1.165, 1.54) is 18.7 Å². The molecule has 0 spiro atoms. The van der Waals surface area contributed by atoms with Gasteiger partial charge in [0.2, 0.25) is 47.3 Å². The van der Waals surface area contributed by atoms with Crippen LogP contribution < -0.4 is 48.7 Å². The molecule has 0 saturated carbocycles. The summed E-state index contributed by atoms with van der Waals surface area (Å²) in [6.45, 7) is 11.6. The zero-order chi connectivity index (χ0) is 49.0. The summed E-state index contributed by atoms with van der Waals surface area (Å²) < 4.78 is 0. The molecule has 1 aliphatic rings. The molecular formula is C41H74N10O13. The van der Waals surface area contributed by atoms with Crippen molar-refractivity contribution in [2.45, 2.75) is 161 Å². The molecule has 0 unspecified atom stereocenters. The first-order valence-corrected chi connectivity index (χ1v) is 21.9. The largest absolute Gasteiger partial charge is 0.480 e. The third-order valence-electron chi connectivity index (χ3n) is 10.5. The summed E-state index contributed by atoms with van der Waals surface area (Å²) in [5.41, 5.74) is 11.4. The second-order valence-corrected chi connectivity index (χ2v) is 17.5. The number of aliphatic hydroxyl groups excluding tert-OH is 3. The molecule has 64 heavy (non-hydrogen) atoms. The van der Waals surface area contributed by atoms with Gasteiger partial charge in [0.25, 0.3) is 0 Å². The fourth-order valence-electron chi connectivity index (χ4n) is 6.82. The maximum absolute atomic E-state index is 13.9. The van der Waals surface area contributed by atoms with Crippen LogP contribution in [0.25, 0.3) is 0 Å². The number of nitrogens with two attached hydrogens (primary N) is 2. The summed E-state index contributed by atoms with van der Waals surface area (Å²) in [5, 5.41) is 56.9. The second-order valence-electron chi connectivity index (χ2n) is 17.5. The minimum Gasteiger partial charge on any atom is -0.480 e. The fraction of sp³-hybridized carbons (Fsp3) is 0.780. The van der Waals surface area contributed by atoms with E-state index < -0.39 is 133 Å². The molecule has 1 rings (SSSR count). The molecule has 10 atom stereocenters. The van der Waals surface area contributed by atoms with Gasteiger partial charge in [-0.25, -0.2) is 4.79 Å². The molecule has 1 aliphatic heterocycles. The van der Waals surface area contributed by atoms with Gasteiger partial charge in [-0.1, -0.05) is 48.0 Å². The van der Waals surface area contributed by atoms with E-state index in [9.17, 15) is 63.6 Å². The number of carboxylic acids is 1. The van der Waals surface area contributed by atoms with Gasteiger partial charge in [0.05, 0.1) is 25.4 Å². The molecule has 0 aliphatic carbocycles. The number of carbonyl (C=O) groups excluding carboxylic acids is 8. The first-order chi connectivity index (χ1) is 29.9. The number of likely N-dealkylation sites (tertiary alicyclic amines) is 1. The molecule has 0 aromatic carbocycles. The zero-order valence-corrected chi connectivity index (χ0v) is 38.3. The van der Waals surface area contributed by atoms with Gasteiger partial charge in [0.15, 0.2) is 0 Å². The number of nitrogens with one attached hydrogen (secondary N) is 7. The number of carboxylic acid groups (broad SMARTS) is 1. The Hall–Kier alpha value is -4.97. The van der Waals surface area contributed by atoms with Crippen LogP contribution in [-0.2, 0) is 43.2 Å². The molecule has 1 fully saturated rings. The maximum Gasteiger partial charge on any atom is 0.326 e. The lowest BCUT2D eigenvalue weighted by molar-refractivity contribution is -0.146. The van der Waals surface area contributed by atoms with Crippen LogP contribution in [-0.4, -0.2) is 165 Å². The van der Waals surface area contributed by atoms with Crippen molar-refractivity contribution in [1.29, 1.82) is 0 Å². The number of nitrogens with zero attached hydrogens (tertiary/aromatic N) is 1. The van der Waals surface area contributed by atoms with Crippen molar-refractivity contribution in [2.75, 3.05) is 26.3 Å². The number of carbonyl (C=O) groups is 9. The van der Waals surface area contributed by atoms with Crippen LogP contribution in [0.2, 0.25) is 0 Å². The van der Waals surface area contributed by atoms with Crippen LogP contribution in [0.1, 0.15) is 100 Å². The topological polar surface area (TPSA) is 374 Å². The van der Waals surface area contributed by atoms with Crippen molar-refractivity contribution < 1.29 is 63.6 Å². The Bertz CT molecular complexity index is 1600. The van der Waals surface area contributed by atoms with Crippen LogP contribution >= 0.6 is 0 Å². The number of aliphatic carboxylic acids is 1. The van der Waals surface area contributed by atoms with E-state index in [4.69, 9.17) is 11.5 Å². The number of rotatable bonds is 28. The Morgan fingerprint density at radius 1 is 0.625 bits per heavy atom. The van der Waals surface area contributed by atoms with Crippen molar-refractivity contribution in [1.82, 2.24) is 42.1 Å². The van der Waals surface area contributed by atoms with Gasteiger partial charge in [0, 0.05) is 6.54 Å². The number of hydrogen-bond acceptors (Lipinski definition) is 14. The highest BCUT2D eigenvalue weighted by Gasteiger charge is 2.41. The van der Waals surface area contributed by atoms with Crippen molar-refractivity contribution in [2.24, 2.45) is 29.2 Å². The molecule has 0 aromatic rings. The van der Waals surface area contributed by atoms with Crippen molar-refractivity contribution in [3.05, 3.63) is 0 Å². The average Bonchev–Trinajstić information content (AvgIpc) is 3.71. The van der Waals surface area contributed by atoms with Crippen molar-refractivity contribution >= 4 is 53.2 Å². The molecule has 1 saturated heterocycles. The van der Waals surface area contributed by atoms with Gasteiger partial charge >= 0.3 is 5.97 Å². The first kappa shape index (κ1) is 57.0. The quantitative estimate of drug-likeness (QED) is 0.0333. The Morgan fingerprint density at radius 2 is 1.12 bits per heavy atom. The summed E-state index contributed by atoms with van der Waals surface area (Å²) in [7, 11) is 0. The number of amides is 8. The lowest BCUT2D eigenvalue weighted by Gasteiger charge is -2.32. The number of unbranched alkanes of at least 4 members (excludes halogenated alkanes) is 1. The van der Waals surface area contributed by atoms with E-state index >= 15 is 0 Å². The highest BCUT2D eigenvalue weighted by molar-refractivity contribution is 5.98. The molecule has 8 amide bonds. The Morgan fingerprint density at radius 3 is 1.62 bits per heavy atom. The molecule has 15 N–H and O–H groups in total. The van der Waals surface area contributed by atoms with Crippen molar-refractivity contribution in [3.8, 4) is 0 Å². The molecule has 366 valence electrons. The van der Waals surface area contributed by atoms with Crippen LogP contribution in [0, 0.1) is 17.8 Å². The van der Waals surface area contributed by atoms with E-state index in [0.29, 0.717) is 25.8 Å². The molecule has 0 radical (unpaired) electrons. The molecule has 23 heteroatoms. The summed E-state index contributed by atoms with van der Waals surface area (Å²) in [5.74, 6) is -8.78. The van der Waals surface area contributed by atoms with E-state index in [1.807, 2.05) is 0 Å². The maximum atomic E-state index is 13.9. The first-order valence-electron chi connectivity index (χ1n) is 21.9. The third kappa shape index (κ3) is 18.6. The van der Waals surface area contributed by atoms with Gasteiger partial charge < -0.3 is 74.0 Å². The summed E-state index contributed by atoms with van der Waals surface area (Å²) in [4.78, 5) is 119. The fourth-order valence-corrected chi connectivity index (χ4v) is 6.82. The van der Waals surface area contributed by atoms with Gasteiger partial charge in [-0.15, -0.1) is 0 Å². The van der Waals surface area contributed by atoms with Gasteiger partial charge in [-0.3, -0.25) is 38.4 Å². The molecule has 0 bridgehead atoms. The van der Waals surface area contributed by atoms with Crippen LogP contribution in [0.4, 0.5) is 0 Å². The van der Waals surface area contributed by atoms with Crippen LogP contribution in [0.15, 0.2) is 0 Å².